The summed E-state index contributed by atoms with van der Waals surface area (Å²) in [5, 5.41) is 0. The van der Waals surface area contributed by atoms with Gasteiger partial charge >= 0.3 is 0 Å². The highest BCUT2D eigenvalue weighted by Gasteiger charge is 2.27. The Morgan fingerprint density at radius 3 is 2.41 bits per heavy atom. The van der Waals surface area contributed by atoms with Crippen molar-refractivity contribution < 1.29 is 18.0 Å². The number of hydrogen-bond donors (Lipinski definition) is 2. The first kappa shape index (κ1) is 21.8. The third-order valence-corrected chi connectivity index (χ3v) is 7.73. The monoisotopic (exact) mass is 497 g/mol. The van der Waals surface area contributed by atoms with Gasteiger partial charge in [0.2, 0.25) is 15.9 Å². The van der Waals surface area contributed by atoms with E-state index >= 15 is 0 Å². The second-order valence-electron chi connectivity index (χ2n) is 6.38. The van der Waals surface area contributed by atoms with E-state index in [1.165, 1.54) is 40.3 Å². The van der Waals surface area contributed by atoms with Crippen molar-refractivity contribution in [2.75, 3.05) is 18.8 Å². The van der Waals surface area contributed by atoms with Gasteiger partial charge in [-0.15, -0.1) is 11.8 Å². The largest absolute Gasteiger partial charge is 0.272 e. The van der Waals surface area contributed by atoms with E-state index in [0.29, 0.717) is 13.1 Å². The molecule has 0 aromatic heterocycles. The highest BCUT2D eigenvalue weighted by Crippen LogP contribution is 2.22. The lowest BCUT2D eigenvalue weighted by molar-refractivity contribution is -0.119. The molecule has 1 heterocycles. The molecule has 0 atom stereocenters. The van der Waals surface area contributed by atoms with Crippen molar-refractivity contribution in [3.63, 3.8) is 0 Å². The second-order valence-corrected chi connectivity index (χ2v) is 10.3. The summed E-state index contributed by atoms with van der Waals surface area (Å²) in [6.07, 6.45) is 1.67. The number of carbonyl (C=O) groups is 2. The molecular weight excluding hydrogens is 478 g/mol. The van der Waals surface area contributed by atoms with Gasteiger partial charge < -0.3 is 0 Å². The molecule has 3 rings (SSSR count). The average molecular weight is 498 g/mol. The molecular formula is C19H20BrN3O4S2. The van der Waals surface area contributed by atoms with E-state index in [-0.39, 0.29) is 22.1 Å². The maximum atomic E-state index is 12.6. The van der Waals surface area contributed by atoms with Crippen LogP contribution in [0, 0.1) is 0 Å². The van der Waals surface area contributed by atoms with Crippen LogP contribution in [0.25, 0.3) is 0 Å². The minimum absolute atomic E-state index is 0.0733. The molecule has 0 radical (unpaired) electrons. The molecule has 2 aromatic rings. The molecule has 2 N–H and O–H groups in total. The van der Waals surface area contributed by atoms with E-state index in [1.807, 2.05) is 24.3 Å². The maximum absolute atomic E-state index is 12.6. The van der Waals surface area contributed by atoms with Crippen LogP contribution in [0.4, 0.5) is 0 Å². The smallest absolute Gasteiger partial charge is 0.269 e. The number of hydrazine groups is 1. The summed E-state index contributed by atoms with van der Waals surface area (Å²) in [6.45, 7) is 0.982. The van der Waals surface area contributed by atoms with Crippen molar-refractivity contribution >= 4 is 49.5 Å². The summed E-state index contributed by atoms with van der Waals surface area (Å²) in [6, 6.07) is 13.3. The normalized spacial score (nSPS) is 14.5. The van der Waals surface area contributed by atoms with Crippen LogP contribution in [0.1, 0.15) is 23.2 Å². The fourth-order valence-electron chi connectivity index (χ4n) is 2.79. The Morgan fingerprint density at radius 2 is 1.72 bits per heavy atom. The predicted molar refractivity (Wildman–Crippen MR) is 115 cm³/mol. The van der Waals surface area contributed by atoms with Gasteiger partial charge in [0.25, 0.3) is 5.91 Å². The summed E-state index contributed by atoms with van der Waals surface area (Å²) < 4.78 is 27.6. The standard InChI is InChI=1S/C19H20BrN3O4S2/c20-15-6-8-16(9-7-15)28-13-18(24)21-22-19(25)14-4-3-5-17(12-14)29(26,27)23-10-1-2-11-23/h3-9,12H,1-2,10-11,13H2,(H,21,24)(H,22,25). The molecule has 154 valence electrons. The summed E-state index contributed by atoms with van der Waals surface area (Å²) >= 11 is 4.68. The van der Waals surface area contributed by atoms with Crippen molar-refractivity contribution in [2.45, 2.75) is 22.6 Å². The summed E-state index contributed by atoms with van der Waals surface area (Å²) in [4.78, 5) is 25.3. The topological polar surface area (TPSA) is 95.6 Å². The van der Waals surface area contributed by atoms with E-state index in [1.54, 1.807) is 0 Å². The quantitative estimate of drug-likeness (QED) is 0.472. The van der Waals surface area contributed by atoms with E-state index < -0.39 is 15.9 Å². The van der Waals surface area contributed by atoms with Crippen LogP contribution in [0.15, 0.2) is 62.8 Å². The Hall–Kier alpha value is -1.88. The number of thioether (sulfide) groups is 1. The Kier molecular flexibility index (Phi) is 7.33. The lowest BCUT2D eigenvalue weighted by Crippen LogP contribution is -2.42. The SMILES string of the molecule is O=C(CSc1ccc(Br)cc1)NNC(=O)c1cccc(S(=O)(=O)N2CCCC2)c1. The lowest BCUT2D eigenvalue weighted by atomic mass is 10.2. The molecule has 0 saturated carbocycles. The molecule has 1 saturated heterocycles. The zero-order valence-corrected chi connectivity index (χ0v) is 18.6. The summed E-state index contributed by atoms with van der Waals surface area (Å²) in [5.74, 6) is -0.816. The van der Waals surface area contributed by atoms with Gasteiger partial charge in [-0.05, 0) is 55.3 Å². The van der Waals surface area contributed by atoms with Crippen molar-refractivity contribution in [3.05, 3.63) is 58.6 Å². The molecule has 2 amide bonds. The van der Waals surface area contributed by atoms with Gasteiger partial charge in [0.05, 0.1) is 10.6 Å². The van der Waals surface area contributed by atoms with Crippen LogP contribution in [0.3, 0.4) is 0 Å². The number of amides is 2. The number of hydrogen-bond acceptors (Lipinski definition) is 5. The van der Waals surface area contributed by atoms with E-state index in [4.69, 9.17) is 0 Å². The number of nitrogens with one attached hydrogen (secondary N) is 2. The number of rotatable bonds is 6. The highest BCUT2D eigenvalue weighted by molar-refractivity contribution is 9.10. The number of carbonyl (C=O) groups excluding carboxylic acids is 2. The van der Waals surface area contributed by atoms with E-state index in [2.05, 4.69) is 26.8 Å². The molecule has 0 aliphatic carbocycles. The Balaban J connectivity index is 1.55. The van der Waals surface area contributed by atoms with Crippen LogP contribution in [-0.4, -0.2) is 43.4 Å². The number of benzene rings is 2. The molecule has 0 unspecified atom stereocenters. The first-order chi connectivity index (χ1) is 13.9. The minimum Gasteiger partial charge on any atom is -0.272 e. The Bertz CT molecular complexity index is 991. The van der Waals surface area contributed by atoms with Gasteiger partial charge in [0.1, 0.15) is 0 Å². The third kappa shape index (κ3) is 5.81. The van der Waals surface area contributed by atoms with Crippen molar-refractivity contribution in [3.8, 4) is 0 Å². The number of sulfonamides is 1. The molecule has 29 heavy (non-hydrogen) atoms. The zero-order valence-electron chi connectivity index (χ0n) is 15.4. The van der Waals surface area contributed by atoms with Crippen LogP contribution < -0.4 is 10.9 Å². The zero-order chi connectivity index (χ0) is 20.9. The average Bonchev–Trinajstić information content (AvgIpc) is 3.27. The van der Waals surface area contributed by atoms with Crippen molar-refractivity contribution in [2.24, 2.45) is 0 Å². The molecule has 10 heteroatoms. The highest BCUT2D eigenvalue weighted by atomic mass is 79.9. The van der Waals surface area contributed by atoms with Gasteiger partial charge in [-0.25, -0.2) is 8.42 Å². The molecule has 0 spiro atoms. The third-order valence-electron chi connectivity index (χ3n) is 4.30. The summed E-state index contributed by atoms with van der Waals surface area (Å²) in [7, 11) is -3.61. The number of nitrogens with zero attached hydrogens (tertiary/aromatic N) is 1. The van der Waals surface area contributed by atoms with Crippen molar-refractivity contribution in [1.29, 1.82) is 0 Å². The van der Waals surface area contributed by atoms with Gasteiger partial charge in [-0.2, -0.15) is 4.31 Å². The van der Waals surface area contributed by atoms with Crippen LogP contribution in [0.2, 0.25) is 0 Å². The lowest BCUT2D eigenvalue weighted by Gasteiger charge is -2.16. The van der Waals surface area contributed by atoms with Crippen LogP contribution in [0.5, 0.6) is 0 Å². The van der Waals surface area contributed by atoms with E-state index in [9.17, 15) is 18.0 Å². The van der Waals surface area contributed by atoms with Gasteiger partial charge in [0.15, 0.2) is 0 Å². The minimum atomic E-state index is -3.61. The van der Waals surface area contributed by atoms with Gasteiger partial charge in [-0.3, -0.25) is 20.4 Å². The fourth-order valence-corrected chi connectivity index (χ4v) is 5.32. The molecule has 2 aromatic carbocycles. The Morgan fingerprint density at radius 1 is 1.03 bits per heavy atom. The van der Waals surface area contributed by atoms with Crippen LogP contribution in [-0.2, 0) is 14.8 Å². The van der Waals surface area contributed by atoms with Crippen LogP contribution >= 0.6 is 27.7 Å². The first-order valence-corrected chi connectivity index (χ1v) is 12.2. The fraction of sp³-hybridized carbons (Fsp3) is 0.263. The molecule has 1 fully saturated rings. The second kappa shape index (κ2) is 9.75. The van der Waals surface area contributed by atoms with Gasteiger partial charge in [0, 0.05) is 28.0 Å². The summed E-state index contributed by atoms with van der Waals surface area (Å²) in [5.41, 5.74) is 4.83. The molecule has 1 aliphatic rings. The predicted octanol–water partition coefficient (Wildman–Crippen LogP) is 2.79. The first-order valence-electron chi connectivity index (χ1n) is 8.94. The Labute approximate surface area is 182 Å². The molecule has 0 bridgehead atoms. The van der Waals surface area contributed by atoms with E-state index in [0.717, 1.165) is 22.2 Å². The molecule has 7 nitrogen and oxygen atoms in total. The molecule has 1 aliphatic heterocycles. The van der Waals surface area contributed by atoms with Gasteiger partial charge in [-0.1, -0.05) is 22.0 Å². The maximum Gasteiger partial charge on any atom is 0.269 e. The number of halogens is 1. The van der Waals surface area contributed by atoms with Crippen molar-refractivity contribution in [1.82, 2.24) is 15.2 Å².